The van der Waals surface area contributed by atoms with Crippen molar-refractivity contribution in [3.05, 3.63) is 47.6 Å². The smallest absolute Gasteiger partial charge is 0.249 e. The Morgan fingerprint density at radius 2 is 1.97 bits per heavy atom. The highest BCUT2D eigenvalue weighted by Crippen LogP contribution is 2.38. The molecule has 1 saturated carbocycles. The van der Waals surface area contributed by atoms with Crippen LogP contribution in [0.1, 0.15) is 68.8 Å². The molecule has 2 aromatic rings. The van der Waals surface area contributed by atoms with Gasteiger partial charge in [0.05, 0.1) is 12.3 Å². The van der Waals surface area contributed by atoms with Gasteiger partial charge in [-0.3, -0.25) is 9.59 Å². The standard InChI is InChI=1S/C23H30N4O3/c1-15(2)20(23-25-21(26-30-23)17-10-11-17)24-22(29)18-9-6-12-27(14-18)19(28)13-16-7-4-3-5-8-16/h3-5,7-8,15,17-18,20H,6,9-14H2,1-2H3,(H,24,29). The maximum Gasteiger partial charge on any atom is 0.249 e. The molecule has 0 radical (unpaired) electrons. The lowest BCUT2D eigenvalue weighted by Crippen LogP contribution is -2.47. The molecule has 0 spiro atoms. The molecular weight excluding hydrogens is 380 g/mol. The molecule has 1 saturated heterocycles. The molecule has 1 N–H and O–H groups in total. The predicted octanol–water partition coefficient (Wildman–Crippen LogP) is 3.24. The van der Waals surface area contributed by atoms with Crippen molar-refractivity contribution in [2.75, 3.05) is 13.1 Å². The van der Waals surface area contributed by atoms with Crippen molar-refractivity contribution in [2.24, 2.45) is 11.8 Å². The summed E-state index contributed by atoms with van der Waals surface area (Å²) in [7, 11) is 0. The monoisotopic (exact) mass is 410 g/mol. The van der Waals surface area contributed by atoms with Crippen LogP contribution >= 0.6 is 0 Å². The van der Waals surface area contributed by atoms with Gasteiger partial charge in [-0.15, -0.1) is 0 Å². The molecule has 2 fully saturated rings. The van der Waals surface area contributed by atoms with Crippen LogP contribution < -0.4 is 5.32 Å². The molecule has 2 atom stereocenters. The first kappa shape index (κ1) is 20.6. The van der Waals surface area contributed by atoms with Crippen molar-refractivity contribution in [2.45, 2.75) is 57.9 Å². The Morgan fingerprint density at radius 3 is 2.67 bits per heavy atom. The summed E-state index contributed by atoms with van der Waals surface area (Å²) in [6.45, 7) is 5.22. The number of piperidine rings is 1. The van der Waals surface area contributed by atoms with Gasteiger partial charge in [-0.05, 0) is 37.2 Å². The number of likely N-dealkylation sites (tertiary alicyclic amines) is 1. The van der Waals surface area contributed by atoms with Gasteiger partial charge >= 0.3 is 0 Å². The average Bonchev–Trinajstić information content (AvgIpc) is 3.49. The molecule has 2 unspecified atom stereocenters. The zero-order valence-electron chi connectivity index (χ0n) is 17.7. The Morgan fingerprint density at radius 1 is 1.20 bits per heavy atom. The topological polar surface area (TPSA) is 88.3 Å². The zero-order valence-corrected chi connectivity index (χ0v) is 17.7. The lowest BCUT2D eigenvalue weighted by Gasteiger charge is -2.33. The maximum absolute atomic E-state index is 13.0. The molecular formula is C23H30N4O3. The molecule has 2 heterocycles. The van der Waals surface area contributed by atoms with E-state index in [1.807, 2.05) is 49.1 Å². The van der Waals surface area contributed by atoms with Gasteiger partial charge in [-0.1, -0.05) is 49.3 Å². The number of rotatable bonds is 7. The third kappa shape index (κ3) is 4.89. The largest absolute Gasteiger partial charge is 0.344 e. The predicted molar refractivity (Wildman–Crippen MR) is 111 cm³/mol. The van der Waals surface area contributed by atoms with Crippen LogP contribution in [0.4, 0.5) is 0 Å². The second-order valence-electron chi connectivity index (χ2n) is 8.84. The number of hydrogen-bond donors (Lipinski definition) is 1. The Balaban J connectivity index is 1.37. The van der Waals surface area contributed by atoms with E-state index in [-0.39, 0.29) is 29.7 Å². The third-order valence-electron chi connectivity index (χ3n) is 5.97. The third-order valence-corrected chi connectivity index (χ3v) is 5.97. The Bertz CT molecular complexity index is 876. The number of carbonyl (C=O) groups is 2. The summed E-state index contributed by atoms with van der Waals surface area (Å²) in [5.41, 5.74) is 0.997. The summed E-state index contributed by atoms with van der Waals surface area (Å²) in [5.74, 6) is 1.58. The van der Waals surface area contributed by atoms with Gasteiger partial charge < -0.3 is 14.7 Å². The van der Waals surface area contributed by atoms with E-state index < -0.39 is 0 Å². The molecule has 160 valence electrons. The minimum atomic E-state index is -0.312. The van der Waals surface area contributed by atoms with Crippen LogP contribution in [0.2, 0.25) is 0 Å². The maximum atomic E-state index is 13.0. The molecule has 2 aliphatic rings. The number of carbonyl (C=O) groups excluding carboxylic acids is 2. The molecule has 1 aromatic heterocycles. The van der Waals surface area contributed by atoms with E-state index in [0.29, 0.717) is 31.3 Å². The average molecular weight is 411 g/mol. The molecule has 0 bridgehead atoms. The highest BCUT2D eigenvalue weighted by molar-refractivity contribution is 5.82. The molecule has 1 aromatic carbocycles. The second-order valence-corrected chi connectivity index (χ2v) is 8.84. The fourth-order valence-electron chi connectivity index (χ4n) is 3.97. The van der Waals surface area contributed by atoms with Crippen LogP contribution in [-0.2, 0) is 16.0 Å². The minimum Gasteiger partial charge on any atom is -0.344 e. The molecule has 4 rings (SSSR count). The summed E-state index contributed by atoms with van der Waals surface area (Å²) in [6.07, 6.45) is 4.19. The molecule has 2 amide bonds. The van der Waals surface area contributed by atoms with Gasteiger partial charge in [0.15, 0.2) is 5.82 Å². The van der Waals surface area contributed by atoms with E-state index in [9.17, 15) is 9.59 Å². The normalized spacial score (nSPS) is 20.2. The van der Waals surface area contributed by atoms with Crippen LogP contribution in [0.3, 0.4) is 0 Å². The number of amides is 2. The van der Waals surface area contributed by atoms with Gasteiger partial charge in [-0.25, -0.2) is 0 Å². The number of benzene rings is 1. The fraction of sp³-hybridized carbons (Fsp3) is 0.565. The number of nitrogens with one attached hydrogen (secondary N) is 1. The van der Waals surface area contributed by atoms with Crippen LogP contribution in [0, 0.1) is 11.8 Å². The lowest BCUT2D eigenvalue weighted by molar-refractivity contribution is -0.135. The second kappa shape index (κ2) is 8.98. The summed E-state index contributed by atoms with van der Waals surface area (Å²) < 4.78 is 5.46. The minimum absolute atomic E-state index is 0.0444. The molecule has 30 heavy (non-hydrogen) atoms. The summed E-state index contributed by atoms with van der Waals surface area (Å²) in [4.78, 5) is 32.1. The zero-order chi connectivity index (χ0) is 21.1. The molecule has 7 nitrogen and oxygen atoms in total. The first-order valence-corrected chi connectivity index (χ1v) is 11.0. The van der Waals surface area contributed by atoms with Gasteiger partial charge in [0.2, 0.25) is 17.7 Å². The summed E-state index contributed by atoms with van der Waals surface area (Å²) >= 11 is 0. The molecule has 7 heteroatoms. The Hall–Kier alpha value is -2.70. The number of hydrogen-bond acceptors (Lipinski definition) is 5. The number of aromatic nitrogens is 2. The van der Waals surface area contributed by atoms with Crippen molar-refractivity contribution < 1.29 is 14.1 Å². The summed E-state index contributed by atoms with van der Waals surface area (Å²) in [5, 5.41) is 7.20. The van der Waals surface area contributed by atoms with Gasteiger partial charge in [0.1, 0.15) is 6.04 Å². The van der Waals surface area contributed by atoms with Crippen molar-refractivity contribution in [1.82, 2.24) is 20.4 Å². The van der Waals surface area contributed by atoms with E-state index in [0.717, 1.165) is 37.1 Å². The highest BCUT2D eigenvalue weighted by Gasteiger charge is 2.34. The highest BCUT2D eigenvalue weighted by atomic mass is 16.5. The van der Waals surface area contributed by atoms with Crippen LogP contribution in [-0.4, -0.2) is 39.9 Å². The quantitative estimate of drug-likeness (QED) is 0.757. The first-order valence-electron chi connectivity index (χ1n) is 11.0. The van der Waals surface area contributed by atoms with Gasteiger partial charge in [0, 0.05) is 19.0 Å². The van der Waals surface area contributed by atoms with Crippen LogP contribution in [0.5, 0.6) is 0 Å². The van der Waals surface area contributed by atoms with E-state index >= 15 is 0 Å². The van der Waals surface area contributed by atoms with Crippen molar-refractivity contribution in [3.63, 3.8) is 0 Å². The fourth-order valence-corrected chi connectivity index (χ4v) is 3.97. The number of nitrogens with zero attached hydrogens (tertiary/aromatic N) is 3. The van der Waals surface area contributed by atoms with Gasteiger partial charge in [0.25, 0.3) is 0 Å². The molecule has 1 aliphatic heterocycles. The Kier molecular flexibility index (Phi) is 6.16. The van der Waals surface area contributed by atoms with E-state index in [2.05, 4.69) is 15.5 Å². The van der Waals surface area contributed by atoms with E-state index in [4.69, 9.17) is 4.52 Å². The van der Waals surface area contributed by atoms with Gasteiger partial charge in [-0.2, -0.15) is 4.98 Å². The Labute approximate surface area is 177 Å². The van der Waals surface area contributed by atoms with Crippen LogP contribution in [0.15, 0.2) is 34.9 Å². The van der Waals surface area contributed by atoms with Crippen LogP contribution in [0.25, 0.3) is 0 Å². The van der Waals surface area contributed by atoms with Crippen molar-refractivity contribution in [1.29, 1.82) is 0 Å². The molecule has 1 aliphatic carbocycles. The van der Waals surface area contributed by atoms with Crippen molar-refractivity contribution >= 4 is 11.8 Å². The van der Waals surface area contributed by atoms with E-state index in [1.54, 1.807) is 0 Å². The SMILES string of the molecule is CC(C)C(NC(=O)C1CCCN(C(=O)Cc2ccccc2)C1)c1nc(C2CC2)no1. The van der Waals surface area contributed by atoms with E-state index in [1.165, 1.54) is 0 Å². The lowest BCUT2D eigenvalue weighted by atomic mass is 9.95. The summed E-state index contributed by atoms with van der Waals surface area (Å²) in [6, 6.07) is 9.42. The first-order chi connectivity index (χ1) is 14.5. The van der Waals surface area contributed by atoms with Crippen molar-refractivity contribution in [3.8, 4) is 0 Å².